The summed E-state index contributed by atoms with van der Waals surface area (Å²) in [6.07, 6.45) is 0.304. The third-order valence-corrected chi connectivity index (χ3v) is 5.56. The lowest BCUT2D eigenvalue weighted by atomic mass is 9.84. The van der Waals surface area contributed by atoms with E-state index in [0.29, 0.717) is 22.5 Å². The number of benzene rings is 3. The fourth-order valence-corrected chi connectivity index (χ4v) is 3.73. The number of tetrazole rings is 1. The minimum Gasteiger partial charge on any atom is -0.449 e. The Morgan fingerprint density at radius 3 is 2.20 bits per heavy atom. The number of aromatic nitrogens is 4. The fourth-order valence-electron chi connectivity index (χ4n) is 3.73. The second-order valence-electron chi connectivity index (χ2n) is 7.80. The number of amides is 1. The number of fused-ring (bicyclic) bond motifs is 2. The van der Waals surface area contributed by atoms with E-state index in [1.54, 1.807) is 36.4 Å². The summed E-state index contributed by atoms with van der Waals surface area (Å²) in [5, 5.41) is 13.5. The van der Waals surface area contributed by atoms with Gasteiger partial charge in [-0.2, -0.15) is 0 Å². The van der Waals surface area contributed by atoms with Crippen LogP contribution in [0, 0.1) is 0 Å². The molecule has 5 rings (SSSR count). The van der Waals surface area contributed by atoms with Crippen molar-refractivity contribution in [1.82, 2.24) is 20.2 Å². The van der Waals surface area contributed by atoms with Crippen molar-refractivity contribution >= 4 is 29.1 Å². The van der Waals surface area contributed by atoms with Gasteiger partial charge in [-0.1, -0.05) is 24.3 Å². The van der Waals surface area contributed by atoms with Gasteiger partial charge in [0.05, 0.1) is 11.3 Å². The number of anilines is 1. The highest BCUT2D eigenvalue weighted by Crippen LogP contribution is 2.29. The van der Waals surface area contributed by atoms with Crippen LogP contribution in [0.1, 0.15) is 49.1 Å². The molecule has 172 valence electrons. The third kappa shape index (κ3) is 4.08. The van der Waals surface area contributed by atoms with E-state index in [2.05, 4.69) is 20.8 Å². The number of ether oxygens (including phenoxy) is 1. The average Bonchev–Trinajstić information content (AvgIpc) is 3.42. The topological polar surface area (TPSA) is 133 Å². The molecule has 0 saturated carbocycles. The second kappa shape index (κ2) is 8.75. The molecule has 3 aromatic carbocycles. The summed E-state index contributed by atoms with van der Waals surface area (Å²) in [4.78, 5) is 50.7. The molecule has 0 fully saturated rings. The van der Waals surface area contributed by atoms with Crippen LogP contribution in [-0.2, 0) is 9.53 Å². The number of ketones is 2. The van der Waals surface area contributed by atoms with Crippen molar-refractivity contribution in [2.45, 2.75) is 13.0 Å². The molecule has 0 spiro atoms. The molecule has 1 aliphatic carbocycles. The lowest BCUT2D eigenvalue weighted by molar-refractivity contribution is -0.123. The van der Waals surface area contributed by atoms with E-state index in [-0.39, 0.29) is 28.3 Å². The zero-order chi connectivity index (χ0) is 24.5. The Kier molecular flexibility index (Phi) is 5.46. The minimum atomic E-state index is -1.12. The number of nitrogens with one attached hydrogen (secondary N) is 1. The maximum Gasteiger partial charge on any atom is 0.338 e. The van der Waals surface area contributed by atoms with Gasteiger partial charge in [0.25, 0.3) is 5.91 Å². The van der Waals surface area contributed by atoms with Crippen LogP contribution in [0.25, 0.3) is 5.69 Å². The minimum absolute atomic E-state index is 0.207. The van der Waals surface area contributed by atoms with Gasteiger partial charge >= 0.3 is 5.97 Å². The Labute approximate surface area is 198 Å². The zero-order valence-electron chi connectivity index (χ0n) is 18.3. The molecule has 1 unspecified atom stereocenters. The number of esters is 1. The summed E-state index contributed by atoms with van der Waals surface area (Å²) in [5.41, 5.74) is 2.37. The number of carbonyl (C=O) groups is 4. The second-order valence-corrected chi connectivity index (χ2v) is 7.80. The van der Waals surface area contributed by atoms with Crippen molar-refractivity contribution in [1.29, 1.82) is 0 Å². The van der Waals surface area contributed by atoms with Crippen LogP contribution < -0.4 is 5.32 Å². The highest BCUT2D eigenvalue weighted by molar-refractivity contribution is 6.28. The highest BCUT2D eigenvalue weighted by Gasteiger charge is 2.29. The molecule has 0 bridgehead atoms. The molecule has 0 aliphatic heterocycles. The largest absolute Gasteiger partial charge is 0.449 e. The first-order valence-electron chi connectivity index (χ1n) is 10.6. The first-order valence-corrected chi connectivity index (χ1v) is 10.6. The lowest BCUT2D eigenvalue weighted by Crippen LogP contribution is -2.30. The SMILES string of the molecule is CC(OC(=O)c1ccc(-n2cnnn2)cc1)C(=O)Nc1ccc2c(c1)C(=O)c1ccccc1C2=O. The average molecular weight is 467 g/mol. The summed E-state index contributed by atoms with van der Waals surface area (Å²) in [6, 6.07) is 17.4. The van der Waals surface area contributed by atoms with Gasteiger partial charge in [0.1, 0.15) is 6.33 Å². The van der Waals surface area contributed by atoms with Crippen molar-refractivity contribution in [2.75, 3.05) is 5.32 Å². The molecule has 1 heterocycles. The normalized spacial score (nSPS) is 12.9. The van der Waals surface area contributed by atoms with Gasteiger partial charge in [0, 0.05) is 27.9 Å². The molecule has 10 nitrogen and oxygen atoms in total. The van der Waals surface area contributed by atoms with Gasteiger partial charge in [0.2, 0.25) is 0 Å². The van der Waals surface area contributed by atoms with Gasteiger partial charge in [-0.3, -0.25) is 14.4 Å². The number of rotatable bonds is 5. The van der Waals surface area contributed by atoms with Crippen molar-refractivity contribution < 1.29 is 23.9 Å². The Balaban J connectivity index is 1.26. The van der Waals surface area contributed by atoms with E-state index in [9.17, 15) is 19.2 Å². The Bertz CT molecular complexity index is 1480. The van der Waals surface area contributed by atoms with Gasteiger partial charge in [-0.15, -0.1) is 5.10 Å². The van der Waals surface area contributed by atoms with Crippen molar-refractivity contribution in [3.05, 3.63) is 101 Å². The molecular formula is C25H17N5O5. The van der Waals surface area contributed by atoms with Gasteiger partial charge in [-0.25, -0.2) is 9.48 Å². The molecule has 1 atom stereocenters. The monoisotopic (exact) mass is 467 g/mol. The number of nitrogens with zero attached hydrogens (tertiary/aromatic N) is 4. The van der Waals surface area contributed by atoms with E-state index < -0.39 is 18.0 Å². The molecule has 1 aromatic heterocycles. The number of hydrogen-bond acceptors (Lipinski definition) is 8. The Hall–Kier alpha value is -4.99. The molecule has 1 amide bonds. The van der Waals surface area contributed by atoms with Crippen LogP contribution in [0.5, 0.6) is 0 Å². The first-order chi connectivity index (χ1) is 16.9. The van der Waals surface area contributed by atoms with E-state index in [1.165, 1.54) is 48.3 Å². The van der Waals surface area contributed by atoms with Crippen molar-refractivity contribution in [2.24, 2.45) is 0 Å². The molecule has 1 aliphatic rings. The van der Waals surface area contributed by atoms with Gasteiger partial charge in [0.15, 0.2) is 17.7 Å². The zero-order valence-corrected chi connectivity index (χ0v) is 18.3. The first kappa shape index (κ1) is 21.8. The summed E-state index contributed by atoms with van der Waals surface area (Å²) in [7, 11) is 0. The fraction of sp³-hybridized carbons (Fsp3) is 0.0800. The van der Waals surface area contributed by atoms with Crippen LogP contribution in [-0.4, -0.2) is 49.8 Å². The van der Waals surface area contributed by atoms with Crippen LogP contribution >= 0.6 is 0 Å². The molecule has 0 saturated heterocycles. The van der Waals surface area contributed by atoms with E-state index in [4.69, 9.17) is 4.74 Å². The number of carbonyl (C=O) groups excluding carboxylic acids is 4. The summed E-state index contributed by atoms with van der Waals surface area (Å²) in [6.45, 7) is 1.44. The van der Waals surface area contributed by atoms with E-state index in [0.717, 1.165) is 0 Å². The van der Waals surface area contributed by atoms with Gasteiger partial charge in [-0.05, 0) is 59.8 Å². The van der Waals surface area contributed by atoms with Crippen LogP contribution in [0.4, 0.5) is 5.69 Å². The van der Waals surface area contributed by atoms with Crippen LogP contribution in [0.2, 0.25) is 0 Å². The molecule has 0 radical (unpaired) electrons. The molecule has 4 aromatic rings. The van der Waals surface area contributed by atoms with Gasteiger partial charge < -0.3 is 10.1 Å². The molecule has 10 heteroatoms. The highest BCUT2D eigenvalue weighted by atomic mass is 16.5. The van der Waals surface area contributed by atoms with E-state index >= 15 is 0 Å². The maximum absolute atomic E-state index is 12.9. The molecule has 1 N–H and O–H groups in total. The molecular weight excluding hydrogens is 450 g/mol. The maximum atomic E-state index is 12.9. The van der Waals surface area contributed by atoms with Crippen molar-refractivity contribution in [3.8, 4) is 5.69 Å². The smallest absolute Gasteiger partial charge is 0.338 e. The summed E-state index contributed by atoms with van der Waals surface area (Å²) >= 11 is 0. The standard InChI is InChI=1S/C25H17N5O5/c1-14(35-25(34)15-6-9-17(10-7-15)30-13-26-28-29-30)24(33)27-16-8-11-20-21(12-16)23(32)19-5-3-2-4-18(19)22(20)31/h2-14H,1H3,(H,27,33). The van der Waals surface area contributed by atoms with Crippen LogP contribution in [0.15, 0.2) is 73.1 Å². The predicted octanol–water partition coefficient (Wildman–Crippen LogP) is 2.62. The quantitative estimate of drug-likeness (QED) is 0.390. The van der Waals surface area contributed by atoms with Crippen molar-refractivity contribution in [3.63, 3.8) is 0 Å². The predicted molar refractivity (Wildman–Crippen MR) is 122 cm³/mol. The lowest BCUT2D eigenvalue weighted by Gasteiger charge is -2.19. The molecule has 35 heavy (non-hydrogen) atoms. The summed E-state index contributed by atoms with van der Waals surface area (Å²) < 4.78 is 6.71. The Morgan fingerprint density at radius 1 is 0.886 bits per heavy atom. The van der Waals surface area contributed by atoms with Crippen LogP contribution in [0.3, 0.4) is 0 Å². The third-order valence-electron chi connectivity index (χ3n) is 5.56. The number of hydrogen-bond donors (Lipinski definition) is 1. The van der Waals surface area contributed by atoms with E-state index in [1.807, 2.05) is 0 Å². The Morgan fingerprint density at radius 2 is 1.54 bits per heavy atom. The summed E-state index contributed by atoms with van der Waals surface area (Å²) in [5.74, 6) is -1.81.